The predicted molar refractivity (Wildman–Crippen MR) is 86.1 cm³/mol. The van der Waals surface area contributed by atoms with Crippen LogP contribution in [0.3, 0.4) is 0 Å². The summed E-state index contributed by atoms with van der Waals surface area (Å²) in [5, 5.41) is 14.4. The van der Waals surface area contributed by atoms with Crippen molar-refractivity contribution in [3.05, 3.63) is 35.7 Å². The number of hydrogen-bond acceptors (Lipinski definition) is 3. The molecule has 22 heavy (non-hydrogen) atoms. The van der Waals surface area contributed by atoms with Gasteiger partial charge in [-0.25, -0.2) is 5.11 Å². The first-order valence-corrected chi connectivity index (χ1v) is 8.33. The Labute approximate surface area is 132 Å². The van der Waals surface area contributed by atoms with E-state index in [4.69, 9.17) is 4.52 Å². The summed E-state index contributed by atoms with van der Waals surface area (Å²) in [7, 11) is 0. The molecule has 1 aromatic heterocycles. The fraction of sp³-hybridized carbons (Fsp3) is 0.556. The van der Waals surface area contributed by atoms with Crippen molar-refractivity contribution < 1.29 is 9.63 Å². The van der Waals surface area contributed by atoms with E-state index in [1.165, 1.54) is 24.8 Å². The van der Waals surface area contributed by atoms with Crippen molar-refractivity contribution >= 4 is 0 Å². The third kappa shape index (κ3) is 5.26. The van der Waals surface area contributed by atoms with E-state index in [1.54, 1.807) is 0 Å². The number of aromatic nitrogens is 2. The molecular formula is C18H25N2O2. The molecule has 0 aliphatic rings. The van der Waals surface area contributed by atoms with Crippen molar-refractivity contribution in [3.8, 4) is 11.5 Å². The van der Waals surface area contributed by atoms with Crippen LogP contribution in [-0.4, -0.2) is 16.7 Å². The second kappa shape index (κ2) is 9.36. The van der Waals surface area contributed by atoms with Crippen molar-refractivity contribution in [2.75, 3.05) is 6.61 Å². The Morgan fingerprint density at radius 1 is 1.05 bits per heavy atom. The molecule has 0 saturated heterocycles. The largest absolute Gasteiger partial charge is 0.334 e. The quantitative estimate of drug-likeness (QED) is 0.602. The molecule has 0 bridgehead atoms. The number of nitrogens with zero attached hydrogens (tertiary/aromatic N) is 2. The Balaban J connectivity index is 1.93. The molecule has 4 heteroatoms. The van der Waals surface area contributed by atoms with Gasteiger partial charge in [-0.05, 0) is 43.4 Å². The number of benzene rings is 1. The van der Waals surface area contributed by atoms with Gasteiger partial charge < -0.3 is 4.52 Å². The van der Waals surface area contributed by atoms with Crippen molar-refractivity contribution in [1.82, 2.24) is 10.1 Å². The maximum Gasteiger partial charge on any atom is 0.257 e. The first kappa shape index (κ1) is 16.7. The van der Waals surface area contributed by atoms with Crippen molar-refractivity contribution in [1.29, 1.82) is 0 Å². The van der Waals surface area contributed by atoms with E-state index in [2.05, 4.69) is 35.3 Å². The van der Waals surface area contributed by atoms with Gasteiger partial charge in [0.15, 0.2) is 5.82 Å². The van der Waals surface area contributed by atoms with E-state index < -0.39 is 0 Å². The molecule has 0 amide bonds. The molecule has 119 valence electrons. The van der Waals surface area contributed by atoms with Crippen LogP contribution in [0.4, 0.5) is 0 Å². The molecule has 2 aromatic rings. The van der Waals surface area contributed by atoms with E-state index in [9.17, 15) is 5.11 Å². The molecule has 1 aromatic carbocycles. The number of aryl methyl sites for hydroxylation is 2. The number of unbranched alkanes of at least 4 members (excludes halogenated alkanes) is 4. The Morgan fingerprint density at radius 3 is 2.73 bits per heavy atom. The Bertz CT molecular complexity index is 552. The fourth-order valence-corrected chi connectivity index (χ4v) is 2.47. The van der Waals surface area contributed by atoms with Gasteiger partial charge in [0.2, 0.25) is 0 Å². The third-order valence-corrected chi connectivity index (χ3v) is 3.76. The molecule has 0 aliphatic carbocycles. The molecule has 1 heterocycles. The van der Waals surface area contributed by atoms with Gasteiger partial charge in [-0.15, -0.1) is 0 Å². The fourth-order valence-electron chi connectivity index (χ4n) is 2.47. The van der Waals surface area contributed by atoms with Gasteiger partial charge in [-0.2, -0.15) is 4.98 Å². The first-order chi connectivity index (χ1) is 10.8. The smallest absolute Gasteiger partial charge is 0.257 e. The van der Waals surface area contributed by atoms with Crippen LogP contribution >= 0.6 is 0 Å². The predicted octanol–water partition coefficient (Wildman–Crippen LogP) is 4.61. The zero-order chi connectivity index (χ0) is 15.6. The monoisotopic (exact) mass is 301 g/mol. The van der Waals surface area contributed by atoms with Gasteiger partial charge in [-0.1, -0.05) is 43.5 Å². The summed E-state index contributed by atoms with van der Waals surface area (Å²) >= 11 is 0. The van der Waals surface area contributed by atoms with Gasteiger partial charge in [0, 0.05) is 12.0 Å². The summed E-state index contributed by atoms with van der Waals surface area (Å²) in [5.74, 6) is 1.33. The maximum atomic E-state index is 10.4. The minimum atomic E-state index is 0.00230. The summed E-state index contributed by atoms with van der Waals surface area (Å²) in [5.41, 5.74) is 2.31. The molecule has 0 fully saturated rings. The van der Waals surface area contributed by atoms with Gasteiger partial charge in [-0.3, -0.25) is 0 Å². The summed E-state index contributed by atoms with van der Waals surface area (Å²) in [6.07, 6.45) is 8.19. The number of hydrogen-bond donors (Lipinski definition) is 0. The lowest BCUT2D eigenvalue weighted by atomic mass is 10.0. The normalized spacial score (nSPS) is 11.0. The first-order valence-electron chi connectivity index (χ1n) is 8.33. The molecule has 1 radical (unpaired) electrons. The van der Waals surface area contributed by atoms with Crippen LogP contribution in [0.1, 0.15) is 56.8 Å². The minimum absolute atomic E-state index is 0.00230. The van der Waals surface area contributed by atoms with Crippen LogP contribution in [0.5, 0.6) is 0 Å². The third-order valence-electron chi connectivity index (χ3n) is 3.76. The van der Waals surface area contributed by atoms with Gasteiger partial charge in [0.05, 0.1) is 6.61 Å². The Morgan fingerprint density at radius 2 is 1.91 bits per heavy atom. The highest BCUT2D eigenvalue weighted by Crippen LogP contribution is 2.20. The Kier molecular flexibility index (Phi) is 7.10. The molecule has 0 spiro atoms. The second-order valence-electron chi connectivity index (χ2n) is 5.69. The van der Waals surface area contributed by atoms with Crippen molar-refractivity contribution in [3.63, 3.8) is 0 Å². The minimum Gasteiger partial charge on any atom is -0.334 e. The molecule has 0 aliphatic heterocycles. The Hall–Kier alpha value is -1.68. The van der Waals surface area contributed by atoms with Crippen LogP contribution in [0.25, 0.3) is 11.5 Å². The topological polar surface area (TPSA) is 58.8 Å². The van der Waals surface area contributed by atoms with Crippen LogP contribution in [0.15, 0.2) is 28.8 Å². The summed E-state index contributed by atoms with van der Waals surface area (Å²) in [6, 6.07) is 8.36. The van der Waals surface area contributed by atoms with Crippen LogP contribution in [0.2, 0.25) is 0 Å². The molecule has 4 nitrogen and oxygen atoms in total. The lowest BCUT2D eigenvalue weighted by Gasteiger charge is -2.02. The SMILES string of the molecule is CCCCCc1cccc(-c2nc(CCCCC[O])no2)c1. The lowest BCUT2D eigenvalue weighted by Crippen LogP contribution is -1.90. The summed E-state index contributed by atoms with van der Waals surface area (Å²) in [4.78, 5) is 4.46. The average Bonchev–Trinajstić information content (AvgIpc) is 3.01. The zero-order valence-electron chi connectivity index (χ0n) is 13.4. The highest BCUT2D eigenvalue weighted by Gasteiger charge is 2.09. The van der Waals surface area contributed by atoms with E-state index >= 15 is 0 Å². The summed E-state index contributed by atoms with van der Waals surface area (Å²) in [6.45, 7) is 2.22. The number of rotatable bonds is 10. The summed E-state index contributed by atoms with van der Waals surface area (Å²) < 4.78 is 5.37. The van der Waals surface area contributed by atoms with Gasteiger partial charge >= 0.3 is 0 Å². The average molecular weight is 301 g/mol. The standard InChI is InChI=1S/C18H25N2O2/c1-2-3-5-9-15-10-8-11-16(14-15)18-19-17(20-22-18)12-6-4-7-13-21/h8,10-11,14H,2-7,9,12-13H2,1H3. The zero-order valence-corrected chi connectivity index (χ0v) is 13.4. The maximum absolute atomic E-state index is 10.4. The molecule has 0 N–H and O–H groups in total. The van der Waals surface area contributed by atoms with Crippen molar-refractivity contribution in [2.24, 2.45) is 0 Å². The molecule has 2 rings (SSSR count). The van der Waals surface area contributed by atoms with E-state index in [-0.39, 0.29) is 6.61 Å². The van der Waals surface area contributed by atoms with E-state index in [1.807, 2.05) is 6.07 Å². The highest BCUT2D eigenvalue weighted by molar-refractivity contribution is 5.54. The highest BCUT2D eigenvalue weighted by atomic mass is 16.5. The molecule has 0 atom stereocenters. The lowest BCUT2D eigenvalue weighted by molar-refractivity contribution is 0.186. The molecular weight excluding hydrogens is 276 g/mol. The van der Waals surface area contributed by atoms with Gasteiger partial charge in [0.1, 0.15) is 0 Å². The van der Waals surface area contributed by atoms with Crippen molar-refractivity contribution in [2.45, 2.75) is 58.3 Å². The van der Waals surface area contributed by atoms with E-state index in [0.717, 1.165) is 43.5 Å². The second-order valence-corrected chi connectivity index (χ2v) is 5.69. The van der Waals surface area contributed by atoms with Crippen LogP contribution in [0, 0.1) is 0 Å². The molecule has 0 unspecified atom stereocenters. The van der Waals surface area contributed by atoms with Crippen LogP contribution in [-0.2, 0) is 17.9 Å². The van der Waals surface area contributed by atoms with E-state index in [0.29, 0.717) is 5.89 Å². The molecule has 0 saturated carbocycles. The van der Waals surface area contributed by atoms with Gasteiger partial charge in [0.25, 0.3) is 5.89 Å². The van der Waals surface area contributed by atoms with Crippen LogP contribution < -0.4 is 0 Å².